The number of nitrogens with zero attached hydrogens (tertiary/aromatic N) is 3. The summed E-state index contributed by atoms with van der Waals surface area (Å²) in [5.41, 5.74) is 4.07. The molecule has 2 atom stereocenters. The number of carbonyl (C=O) groups is 2. The molecule has 7 heteroatoms. The van der Waals surface area contributed by atoms with Crippen molar-refractivity contribution in [1.29, 1.82) is 0 Å². The van der Waals surface area contributed by atoms with Crippen molar-refractivity contribution in [3.05, 3.63) is 75.1 Å². The number of ketones is 1. The van der Waals surface area contributed by atoms with Crippen LogP contribution in [0.2, 0.25) is 5.02 Å². The molecule has 6 nitrogen and oxygen atoms in total. The van der Waals surface area contributed by atoms with E-state index in [-0.39, 0.29) is 30.1 Å². The van der Waals surface area contributed by atoms with Crippen LogP contribution in [0.25, 0.3) is 4.85 Å². The Morgan fingerprint density at radius 2 is 2.00 bits per heavy atom. The van der Waals surface area contributed by atoms with Gasteiger partial charge in [-0.2, -0.15) is 0 Å². The Morgan fingerprint density at radius 1 is 1.21 bits per heavy atom. The zero-order valence-corrected chi connectivity index (χ0v) is 20.5. The molecule has 0 bridgehead atoms. The Morgan fingerprint density at radius 3 is 2.71 bits per heavy atom. The van der Waals surface area contributed by atoms with Crippen molar-refractivity contribution < 1.29 is 14.3 Å². The lowest BCUT2D eigenvalue weighted by molar-refractivity contribution is -0.140. The number of hydrogen-bond donors (Lipinski definition) is 0. The van der Waals surface area contributed by atoms with Crippen LogP contribution in [0.1, 0.15) is 40.4 Å². The Hall–Kier alpha value is -2.72. The molecule has 0 aliphatic carbocycles. The highest BCUT2D eigenvalue weighted by Gasteiger charge is 2.33. The summed E-state index contributed by atoms with van der Waals surface area (Å²) >= 11 is 6.45. The number of hydrogen-bond acceptors (Lipinski definition) is 4. The quantitative estimate of drug-likeness (QED) is 0.445. The van der Waals surface area contributed by atoms with E-state index < -0.39 is 0 Å². The zero-order valence-electron chi connectivity index (χ0n) is 19.7. The van der Waals surface area contributed by atoms with Gasteiger partial charge in [-0.15, -0.1) is 0 Å². The number of carbonyl (C=O) groups excluding carboxylic acids is 2. The topological polar surface area (TPSA) is 54.2 Å². The van der Waals surface area contributed by atoms with E-state index in [1.807, 2.05) is 24.0 Å². The van der Waals surface area contributed by atoms with Crippen LogP contribution in [0.5, 0.6) is 0 Å². The summed E-state index contributed by atoms with van der Waals surface area (Å²) in [6.45, 7) is 15.5. The van der Waals surface area contributed by atoms with Gasteiger partial charge in [-0.3, -0.25) is 14.5 Å². The Bertz CT molecular complexity index is 1120. The molecule has 1 amide bonds. The van der Waals surface area contributed by atoms with E-state index in [1.165, 1.54) is 0 Å². The van der Waals surface area contributed by atoms with Crippen LogP contribution in [0, 0.1) is 19.4 Å². The summed E-state index contributed by atoms with van der Waals surface area (Å²) < 4.78 is 5.40. The highest BCUT2D eigenvalue weighted by Crippen LogP contribution is 2.26. The standard InChI is InChI=1S/C27H30ClN3O3/c1-18-15-30(8-9-31(18)27(33)21-7-10-34-17-21)16-23-12-24(28)11-22(19(23)2)14-26(32)20-5-4-6-25(13-20)29-3/h4-6,11-13,18,21H,7-10,14-17H2,1-2H3/t18-,21+/m0/s1. The van der Waals surface area contributed by atoms with Crippen LogP contribution < -0.4 is 0 Å². The first-order valence-corrected chi connectivity index (χ1v) is 12.1. The van der Waals surface area contributed by atoms with Crippen molar-refractivity contribution in [2.45, 2.75) is 39.3 Å². The average molecular weight is 480 g/mol. The molecule has 2 fully saturated rings. The van der Waals surface area contributed by atoms with Gasteiger partial charge >= 0.3 is 0 Å². The minimum atomic E-state index is -0.0292. The molecule has 0 N–H and O–H groups in total. The van der Waals surface area contributed by atoms with Gasteiger partial charge in [-0.25, -0.2) is 4.85 Å². The van der Waals surface area contributed by atoms with E-state index >= 15 is 0 Å². The predicted octanol–water partition coefficient (Wildman–Crippen LogP) is 4.69. The summed E-state index contributed by atoms with van der Waals surface area (Å²) in [5, 5.41) is 0.612. The summed E-state index contributed by atoms with van der Waals surface area (Å²) in [4.78, 5) is 33.5. The molecule has 2 saturated heterocycles. The lowest BCUT2D eigenvalue weighted by atomic mass is 9.95. The molecule has 0 aromatic heterocycles. The molecule has 2 aromatic carbocycles. The molecular formula is C27H30ClN3O3. The van der Waals surface area contributed by atoms with E-state index in [2.05, 4.69) is 16.7 Å². The van der Waals surface area contributed by atoms with E-state index in [9.17, 15) is 9.59 Å². The first-order valence-electron chi connectivity index (χ1n) is 11.7. The Kier molecular flexibility index (Phi) is 7.67. The van der Waals surface area contributed by atoms with Crippen LogP contribution in [0.15, 0.2) is 36.4 Å². The molecule has 4 rings (SSSR count). The van der Waals surface area contributed by atoms with E-state index in [0.29, 0.717) is 36.0 Å². The van der Waals surface area contributed by atoms with Gasteiger partial charge < -0.3 is 9.64 Å². The average Bonchev–Trinajstić information content (AvgIpc) is 3.37. The summed E-state index contributed by atoms with van der Waals surface area (Å²) in [7, 11) is 0. The second-order valence-corrected chi connectivity index (χ2v) is 9.72. The van der Waals surface area contributed by atoms with Crippen molar-refractivity contribution in [2.75, 3.05) is 32.8 Å². The fourth-order valence-electron chi connectivity index (χ4n) is 4.88. The second kappa shape index (κ2) is 10.7. The van der Waals surface area contributed by atoms with Crippen molar-refractivity contribution in [3.8, 4) is 0 Å². The lowest BCUT2D eigenvalue weighted by Crippen LogP contribution is -2.55. The molecule has 0 spiro atoms. The highest BCUT2D eigenvalue weighted by molar-refractivity contribution is 6.30. The van der Waals surface area contributed by atoms with Gasteiger partial charge in [-0.05, 0) is 55.2 Å². The third-order valence-corrected chi connectivity index (χ3v) is 7.12. The monoisotopic (exact) mass is 479 g/mol. The molecule has 2 heterocycles. The van der Waals surface area contributed by atoms with Crippen molar-refractivity contribution in [2.24, 2.45) is 5.92 Å². The largest absolute Gasteiger partial charge is 0.381 e. The number of Topliss-reactive ketones (excluding diaryl/α,β-unsaturated/α-hetero) is 1. The molecule has 34 heavy (non-hydrogen) atoms. The summed E-state index contributed by atoms with van der Waals surface area (Å²) in [6, 6.07) is 10.8. The smallest absolute Gasteiger partial charge is 0.228 e. The van der Waals surface area contributed by atoms with Gasteiger partial charge in [0.1, 0.15) is 0 Å². The number of benzene rings is 2. The van der Waals surface area contributed by atoms with Crippen molar-refractivity contribution in [3.63, 3.8) is 0 Å². The van der Waals surface area contributed by atoms with Crippen LogP contribution in [-0.2, 0) is 22.5 Å². The second-order valence-electron chi connectivity index (χ2n) is 9.29. The SMILES string of the molecule is [C-]#[N+]c1cccc(C(=O)Cc2cc(Cl)cc(CN3CCN(C(=O)[C@@H]4CCOC4)[C@@H](C)C3)c2C)c1. The third kappa shape index (κ3) is 5.50. The number of ether oxygens (including phenoxy) is 1. The lowest BCUT2D eigenvalue weighted by Gasteiger charge is -2.41. The Balaban J connectivity index is 1.43. The van der Waals surface area contributed by atoms with Crippen molar-refractivity contribution >= 4 is 29.0 Å². The van der Waals surface area contributed by atoms with E-state index in [1.54, 1.807) is 24.3 Å². The summed E-state index contributed by atoms with van der Waals surface area (Å²) in [5.74, 6) is 0.185. The van der Waals surface area contributed by atoms with Gasteiger partial charge in [0.2, 0.25) is 5.91 Å². The number of amides is 1. The maximum atomic E-state index is 12.9. The van der Waals surface area contributed by atoms with Crippen molar-refractivity contribution in [1.82, 2.24) is 9.80 Å². The number of rotatable bonds is 6. The Labute approximate surface area is 206 Å². The summed E-state index contributed by atoms with van der Waals surface area (Å²) in [6.07, 6.45) is 1.06. The van der Waals surface area contributed by atoms with Crippen LogP contribution >= 0.6 is 11.6 Å². The maximum Gasteiger partial charge on any atom is 0.228 e. The fourth-order valence-corrected chi connectivity index (χ4v) is 5.14. The normalized spacial score (nSPS) is 20.8. The third-order valence-electron chi connectivity index (χ3n) is 6.90. The highest BCUT2D eigenvalue weighted by atomic mass is 35.5. The molecule has 0 unspecified atom stereocenters. The number of piperazine rings is 1. The fraction of sp³-hybridized carbons (Fsp3) is 0.444. The minimum Gasteiger partial charge on any atom is -0.381 e. The van der Waals surface area contributed by atoms with Crippen LogP contribution in [0.3, 0.4) is 0 Å². The van der Waals surface area contributed by atoms with Crippen LogP contribution in [-0.4, -0.2) is 60.4 Å². The zero-order chi connectivity index (χ0) is 24.2. The van der Waals surface area contributed by atoms with Gasteiger partial charge in [0.05, 0.1) is 19.1 Å². The van der Waals surface area contributed by atoms with E-state index in [4.69, 9.17) is 22.9 Å². The van der Waals surface area contributed by atoms with Gasteiger partial charge in [0, 0.05) is 55.8 Å². The minimum absolute atomic E-state index is 0.000231. The van der Waals surface area contributed by atoms with E-state index in [0.717, 1.165) is 42.7 Å². The molecule has 0 radical (unpaired) electrons. The molecule has 0 saturated carbocycles. The molecule has 2 aromatic rings. The molecule has 178 valence electrons. The molecule has 2 aliphatic rings. The predicted molar refractivity (Wildman–Crippen MR) is 132 cm³/mol. The first-order chi connectivity index (χ1) is 16.4. The van der Waals surface area contributed by atoms with Gasteiger partial charge in [0.15, 0.2) is 11.5 Å². The maximum absolute atomic E-state index is 12.9. The first kappa shape index (κ1) is 24.4. The van der Waals surface area contributed by atoms with Crippen LogP contribution in [0.4, 0.5) is 5.69 Å². The van der Waals surface area contributed by atoms with Gasteiger partial charge in [-0.1, -0.05) is 29.8 Å². The molecule has 2 aliphatic heterocycles. The van der Waals surface area contributed by atoms with Gasteiger partial charge in [0.25, 0.3) is 0 Å². The number of halogens is 1. The molecular weight excluding hydrogens is 450 g/mol.